The van der Waals surface area contributed by atoms with Gasteiger partial charge in [-0.1, -0.05) is 35.9 Å². The Bertz CT molecular complexity index is 1580. The third kappa shape index (κ3) is 12.8. The van der Waals surface area contributed by atoms with E-state index >= 15 is 0 Å². The molecule has 2 aromatic rings. The zero-order chi connectivity index (χ0) is 39.2. The third-order valence-electron chi connectivity index (χ3n) is 8.45. The summed E-state index contributed by atoms with van der Waals surface area (Å²) in [5, 5.41) is 32.3. The average molecular weight is 761 g/mol. The van der Waals surface area contributed by atoms with Crippen LogP contribution >= 0.6 is 11.6 Å². The number of unbranched alkanes of at least 4 members (excludes halogenated alkanes) is 1. The van der Waals surface area contributed by atoms with Gasteiger partial charge in [-0.2, -0.15) is 0 Å². The fourth-order valence-electron chi connectivity index (χ4n) is 5.29. The van der Waals surface area contributed by atoms with Gasteiger partial charge in [-0.15, -0.1) is 0 Å². The number of aliphatic hydroxyl groups excluding tert-OH is 2. The van der Waals surface area contributed by atoms with Gasteiger partial charge < -0.3 is 58.7 Å². The minimum atomic E-state index is -1.73. The fraction of sp³-hybridized carbons (Fsp3) is 0.486. The number of nitrogens with one attached hydrogen (secondary N) is 5. The summed E-state index contributed by atoms with van der Waals surface area (Å²) in [7, 11) is 0. The second-order valence-corrected chi connectivity index (χ2v) is 13.1. The normalized spacial score (nSPS) is 18.3. The average Bonchev–Trinajstić information content (AvgIpc) is 3.93. The van der Waals surface area contributed by atoms with Crippen molar-refractivity contribution in [1.82, 2.24) is 26.6 Å². The number of ketones is 1. The SMILES string of the molecule is C[C@H](NC(=O)[C@H](CCCCN)NC(=O)[C@H](N)NC(=O)[C@@H](NC(=O)[C@H](CCN)NC(=O)c1ccc(-c2ccc(Cl)cc2)cc1)[C@@H](C)O)C(=O)C1OC1CO. The maximum absolute atomic E-state index is 13.3. The lowest BCUT2D eigenvalue weighted by Crippen LogP contribution is -2.63. The maximum atomic E-state index is 13.3. The van der Waals surface area contributed by atoms with Crippen LogP contribution < -0.4 is 43.8 Å². The molecule has 0 bridgehead atoms. The molecule has 0 spiro atoms. The highest BCUT2D eigenvalue weighted by Gasteiger charge is 2.46. The molecule has 2 aromatic carbocycles. The van der Waals surface area contributed by atoms with Crippen LogP contribution in [0.4, 0.5) is 0 Å². The van der Waals surface area contributed by atoms with Gasteiger partial charge in [0.2, 0.25) is 17.7 Å². The van der Waals surface area contributed by atoms with Crippen molar-refractivity contribution in [3.63, 3.8) is 0 Å². The number of benzene rings is 2. The number of carbonyl (C=O) groups excluding carboxylic acids is 6. The number of carbonyl (C=O) groups is 6. The Kier molecular flexibility index (Phi) is 16.7. The molecule has 18 heteroatoms. The number of hydrogen-bond acceptors (Lipinski definition) is 12. The number of nitrogens with two attached hydrogens (primary N) is 3. The molecule has 290 valence electrons. The summed E-state index contributed by atoms with van der Waals surface area (Å²) in [6.07, 6.45) is -3.59. The predicted octanol–water partition coefficient (Wildman–Crippen LogP) is -1.83. The monoisotopic (exact) mass is 760 g/mol. The van der Waals surface area contributed by atoms with E-state index < -0.39 is 84.0 Å². The van der Waals surface area contributed by atoms with E-state index in [1.54, 1.807) is 36.4 Å². The summed E-state index contributed by atoms with van der Waals surface area (Å²) in [4.78, 5) is 78.1. The first-order valence-electron chi connectivity index (χ1n) is 17.2. The van der Waals surface area contributed by atoms with E-state index in [4.69, 9.17) is 38.6 Å². The number of ether oxygens (including phenoxy) is 1. The Morgan fingerprint density at radius 1 is 0.755 bits per heavy atom. The van der Waals surface area contributed by atoms with Crippen molar-refractivity contribution in [2.75, 3.05) is 19.7 Å². The maximum Gasteiger partial charge on any atom is 0.258 e. The van der Waals surface area contributed by atoms with E-state index in [9.17, 15) is 33.9 Å². The first-order valence-corrected chi connectivity index (χ1v) is 17.6. The largest absolute Gasteiger partial charge is 0.394 e. The molecule has 0 aromatic heterocycles. The van der Waals surface area contributed by atoms with Gasteiger partial charge in [0.15, 0.2) is 11.9 Å². The topological polar surface area (TPSA) is 294 Å². The molecule has 1 saturated heterocycles. The number of Topliss-reactive ketones (excluding diaryl/α,β-unsaturated/α-hetero) is 1. The molecular formula is C35H49ClN8O9. The van der Waals surface area contributed by atoms with Crippen molar-refractivity contribution >= 4 is 46.9 Å². The van der Waals surface area contributed by atoms with Crippen molar-refractivity contribution in [1.29, 1.82) is 0 Å². The fourth-order valence-corrected chi connectivity index (χ4v) is 5.41. The summed E-state index contributed by atoms with van der Waals surface area (Å²) in [6, 6.07) is 8.82. The van der Waals surface area contributed by atoms with Crippen LogP contribution in [0.5, 0.6) is 0 Å². The van der Waals surface area contributed by atoms with Gasteiger partial charge in [0.25, 0.3) is 11.8 Å². The highest BCUT2D eigenvalue weighted by atomic mass is 35.5. The molecule has 1 aliphatic rings. The lowest BCUT2D eigenvalue weighted by molar-refractivity contribution is -0.136. The summed E-state index contributed by atoms with van der Waals surface area (Å²) in [5.41, 5.74) is 19.2. The van der Waals surface area contributed by atoms with E-state index in [0.29, 0.717) is 24.4 Å². The summed E-state index contributed by atoms with van der Waals surface area (Å²) < 4.78 is 5.08. The van der Waals surface area contributed by atoms with Gasteiger partial charge in [0, 0.05) is 10.6 Å². The molecule has 5 amide bonds. The van der Waals surface area contributed by atoms with E-state index in [2.05, 4.69) is 26.6 Å². The van der Waals surface area contributed by atoms with Crippen LogP contribution in [0.1, 0.15) is 49.9 Å². The Hall–Kier alpha value is -4.49. The predicted molar refractivity (Wildman–Crippen MR) is 195 cm³/mol. The molecular weight excluding hydrogens is 712 g/mol. The molecule has 1 aliphatic heterocycles. The highest BCUT2D eigenvalue weighted by molar-refractivity contribution is 6.30. The van der Waals surface area contributed by atoms with Crippen LogP contribution in [-0.4, -0.2) is 114 Å². The molecule has 0 aliphatic carbocycles. The second-order valence-electron chi connectivity index (χ2n) is 12.7. The molecule has 17 nitrogen and oxygen atoms in total. The molecule has 8 atom stereocenters. The second kappa shape index (κ2) is 20.7. The minimum Gasteiger partial charge on any atom is -0.394 e. The van der Waals surface area contributed by atoms with E-state index in [1.807, 2.05) is 12.1 Å². The molecule has 13 N–H and O–H groups in total. The Balaban J connectivity index is 1.61. The van der Waals surface area contributed by atoms with Gasteiger partial charge in [-0.25, -0.2) is 0 Å². The number of epoxide rings is 1. The zero-order valence-electron chi connectivity index (χ0n) is 29.5. The summed E-state index contributed by atoms with van der Waals surface area (Å²) >= 11 is 5.96. The molecule has 2 unspecified atom stereocenters. The molecule has 1 fully saturated rings. The number of amides is 5. The van der Waals surface area contributed by atoms with E-state index in [0.717, 1.165) is 11.1 Å². The smallest absolute Gasteiger partial charge is 0.258 e. The lowest BCUT2D eigenvalue weighted by Gasteiger charge is -2.26. The Morgan fingerprint density at radius 3 is 1.89 bits per heavy atom. The quantitative estimate of drug-likeness (QED) is 0.0382. The highest BCUT2D eigenvalue weighted by Crippen LogP contribution is 2.24. The van der Waals surface area contributed by atoms with E-state index in [-0.39, 0.29) is 31.6 Å². The van der Waals surface area contributed by atoms with Crippen molar-refractivity contribution in [2.45, 2.75) is 88.2 Å². The minimum absolute atomic E-state index is 0.00500. The summed E-state index contributed by atoms with van der Waals surface area (Å²) in [5.74, 6) is -4.56. The Morgan fingerprint density at radius 2 is 1.34 bits per heavy atom. The number of rotatable bonds is 21. The van der Waals surface area contributed by atoms with Crippen molar-refractivity contribution in [3.8, 4) is 11.1 Å². The number of aliphatic hydroxyl groups is 2. The summed E-state index contributed by atoms with van der Waals surface area (Å²) in [6.45, 7) is 2.65. The van der Waals surface area contributed by atoms with Crippen LogP contribution in [-0.2, 0) is 28.7 Å². The van der Waals surface area contributed by atoms with Crippen molar-refractivity contribution in [2.24, 2.45) is 17.2 Å². The number of hydrogen-bond donors (Lipinski definition) is 10. The van der Waals surface area contributed by atoms with Gasteiger partial charge >= 0.3 is 0 Å². The van der Waals surface area contributed by atoms with Gasteiger partial charge in [0.1, 0.15) is 30.3 Å². The standard InChI is InChI=1S/C35H49ClN8O9/c1-18(28(47)29-26(17-45)53-29)40-32(49)24(5-3-4-15-37)42-35(52)30(39)44-34(51)27(19(2)46)43-33(50)25(14-16-38)41-31(48)22-8-6-20(7-9-22)21-10-12-23(36)13-11-21/h6-13,18-19,24-27,29-30,45-46H,3-5,14-17,37-39H2,1-2H3,(H,40,49)(H,41,48)(H,42,52)(H,43,50)(H,44,51)/t18-,19+,24-,25-,26?,27-,29?,30+/m0/s1. The van der Waals surface area contributed by atoms with Gasteiger partial charge in [0.05, 0.1) is 18.8 Å². The lowest BCUT2D eigenvalue weighted by atomic mass is 10.0. The van der Waals surface area contributed by atoms with Crippen LogP contribution in [0, 0.1) is 0 Å². The first-order chi connectivity index (χ1) is 25.2. The molecule has 53 heavy (non-hydrogen) atoms. The van der Waals surface area contributed by atoms with Crippen LogP contribution in [0.3, 0.4) is 0 Å². The molecule has 0 saturated carbocycles. The Labute approximate surface area is 312 Å². The van der Waals surface area contributed by atoms with Gasteiger partial charge in [-0.05, 0) is 88.0 Å². The zero-order valence-corrected chi connectivity index (χ0v) is 30.3. The molecule has 3 rings (SSSR count). The van der Waals surface area contributed by atoms with Crippen LogP contribution in [0.25, 0.3) is 11.1 Å². The molecule has 0 radical (unpaired) electrons. The van der Waals surface area contributed by atoms with Crippen molar-refractivity contribution < 1.29 is 43.7 Å². The first kappa shape index (κ1) is 42.9. The van der Waals surface area contributed by atoms with Gasteiger partial charge in [-0.3, -0.25) is 28.8 Å². The molecule has 1 heterocycles. The number of halogens is 1. The third-order valence-corrected chi connectivity index (χ3v) is 8.70. The van der Waals surface area contributed by atoms with Crippen molar-refractivity contribution in [3.05, 3.63) is 59.1 Å². The van der Waals surface area contributed by atoms with Crippen LogP contribution in [0.15, 0.2) is 48.5 Å². The van der Waals surface area contributed by atoms with Crippen LogP contribution in [0.2, 0.25) is 5.02 Å². The van der Waals surface area contributed by atoms with E-state index in [1.165, 1.54) is 13.8 Å².